The first-order valence-corrected chi connectivity index (χ1v) is 7.73. The Morgan fingerprint density at radius 3 is 1.10 bits per heavy atom. The van der Waals surface area contributed by atoms with Gasteiger partial charge >= 0.3 is 0 Å². The van der Waals surface area contributed by atoms with E-state index in [1.165, 1.54) is 22.3 Å². The molecule has 2 rings (SSSR count). The van der Waals surface area contributed by atoms with Gasteiger partial charge in [-0.3, -0.25) is 0 Å². The highest BCUT2D eigenvalue weighted by Gasteiger charge is 2.02. The summed E-state index contributed by atoms with van der Waals surface area (Å²) in [6.07, 6.45) is 2.32. The second-order valence-corrected chi connectivity index (χ2v) is 6.59. The standard InChI is InChI=1S/C20H26/c1-15(2)13-17-5-9-19(10-6-17)20-11-7-18(8-12-20)14-16(3)4/h5-12,15-16H,13-14H2,1-4H3. The molecule has 0 fully saturated rings. The Balaban J connectivity index is 2.11. The van der Waals surface area contributed by atoms with Gasteiger partial charge in [-0.15, -0.1) is 0 Å². The molecule has 20 heavy (non-hydrogen) atoms. The van der Waals surface area contributed by atoms with Gasteiger partial charge in [0, 0.05) is 0 Å². The lowest BCUT2D eigenvalue weighted by Crippen LogP contribution is -1.94. The van der Waals surface area contributed by atoms with Crippen LogP contribution in [0.5, 0.6) is 0 Å². The quantitative estimate of drug-likeness (QED) is 0.646. The van der Waals surface area contributed by atoms with Crippen LogP contribution in [-0.4, -0.2) is 0 Å². The summed E-state index contributed by atoms with van der Waals surface area (Å²) in [5.74, 6) is 1.44. The molecule has 0 aliphatic rings. The van der Waals surface area contributed by atoms with Crippen LogP contribution < -0.4 is 0 Å². The predicted octanol–water partition coefficient (Wildman–Crippen LogP) is 5.75. The van der Waals surface area contributed by atoms with E-state index in [0.717, 1.165) is 24.7 Å². The van der Waals surface area contributed by atoms with E-state index in [9.17, 15) is 0 Å². The summed E-state index contributed by atoms with van der Waals surface area (Å²) in [5.41, 5.74) is 5.49. The van der Waals surface area contributed by atoms with Gasteiger partial charge in [0.05, 0.1) is 0 Å². The fourth-order valence-corrected chi connectivity index (χ4v) is 2.61. The van der Waals surface area contributed by atoms with Crippen molar-refractivity contribution in [2.45, 2.75) is 40.5 Å². The Labute approximate surface area is 123 Å². The van der Waals surface area contributed by atoms with Crippen molar-refractivity contribution in [3.8, 4) is 11.1 Å². The van der Waals surface area contributed by atoms with E-state index in [2.05, 4.69) is 76.2 Å². The molecule has 0 atom stereocenters. The molecule has 0 N–H and O–H groups in total. The SMILES string of the molecule is CC(C)Cc1ccc(-c2ccc(CC(C)C)cc2)cc1. The molecule has 0 heterocycles. The Morgan fingerprint density at radius 2 is 0.850 bits per heavy atom. The number of rotatable bonds is 5. The van der Waals surface area contributed by atoms with Crippen LogP contribution >= 0.6 is 0 Å². The summed E-state index contributed by atoms with van der Waals surface area (Å²) in [6.45, 7) is 9.06. The first-order chi connectivity index (χ1) is 9.54. The van der Waals surface area contributed by atoms with Gasteiger partial charge in [-0.25, -0.2) is 0 Å². The molecule has 0 aliphatic carbocycles. The highest BCUT2D eigenvalue weighted by atomic mass is 14.1. The van der Waals surface area contributed by atoms with Gasteiger partial charge in [-0.2, -0.15) is 0 Å². The van der Waals surface area contributed by atoms with Crippen molar-refractivity contribution in [1.29, 1.82) is 0 Å². The second kappa shape index (κ2) is 6.74. The summed E-state index contributed by atoms with van der Waals surface area (Å²) in [5, 5.41) is 0. The van der Waals surface area contributed by atoms with E-state index >= 15 is 0 Å². The largest absolute Gasteiger partial charge is 0.0625 e. The minimum absolute atomic E-state index is 0.719. The smallest absolute Gasteiger partial charge is 0.0184 e. The highest BCUT2D eigenvalue weighted by molar-refractivity contribution is 5.64. The minimum atomic E-state index is 0.719. The third-order valence-electron chi connectivity index (χ3n) is 3.53. The zero-order valence-corrected chi connectivity index (χ0v) is 13.2. The monoisotopic (exact) mass is 266 g/mol. The van der Waals surface area contributed by atoms with Crippen LogP contribution in [-0.2, 0) is 12.8 Å². The van der Waals surface area contributed by atoms with E-state index in [-0.39, 0.29) is 0 Å². The number of hydrogen-bond donors (Lipinski definition) is 0. The van der Waals surface area contributed by atoms with Crippen LogP contribution in [0.4, 0.5) is 0 Å². The Hall–Kier alpha value is -1.56. The van der Waals surface area contributed by atoms with Gasteiger partial charge in [-0.05, 0) is 46.9 Å². The summed E-state index contributed by atoms with van der Waals surface area (Å²) < 4.78 is 0. The third kappa shape index (κ3) is 4.23. The first-order valence-electron chi connectivity index (χ1n) is 7.73. The van der Waals surface area contributed by atoms with Crippen molar-refractivity contribution in [2.75, 3.05) is 0 Å². The summed E-state index contributed by atoms with van der Waals surface area (Å²) in [4.78, 5) is 0. The van der Waals surface area contributed by atoms with E-state index in [1.807, 2.05) is 0 Å². The van der Waals surface area contributed by atoms with Crippen molar-refractivity contribution in [3.05, 3.63) is 59.7 Å². The molecule has 2 aromatic rings. The molecule has 0 heteroatoms. The molecule has 0 spiro atoms. The Bertz CT molecular complexity index is 463. The Kier molecular flexibility index (Phi) is 5.00. The van der Waals surface area contributed by atoms with Crippen molar-refractivity contribution < 1.29 is 0 Å². The molecule has 106 valence electrons. The summed E-state index contributed by atoms with van der Waals surface area (Å²) in [6, 6.07) is 18.0. The van der Waals surface area contributed by atoms with Gasteiger partial charge in [0.25, 0.3) is 0 Å². The van der Waals surface area contributed by atoms with Crippen LogP contribution in [0, 0.1) is 11.8 Å². The molecule has 0 radical (unpaired) electrons. The molecule has 0 nitrogen and oxygen atoms in total. The lowest BCUT2D eigenvalue weighted by atomic mass is 9.97. The maximum Gasteiger partial charge on any atom is -0.0184 e. The van der Waals surface area contributed by atoms with Crippen LogP contribution in [0.3, 0.4) is 0 Å². The fourth-order valence-electron chi connectivity index (χ4n) is 2.61. The van der Waals surface area contributed by atoms with Crippen LogP contribution in [0.1, 0.15) is 38.8 Å². The zero-order chi connectivity index (χ0) is 14.5. The average molecular weight is 266 g/mol. The molecular weight excluding hydrogens is 240 g/mol. The molecule has 0 saturated carbocycles. The fraction of sp³-hybridized carbons (Fsp3) is 0.400. The van der Waals surface area contributed by atoms with E-state index in [0.29, 0.717) is 0 Å². The van der Waals surface area contributed by atoms with Gasteiger partial charge in [-0.1, -0.05) is 76.2 Å². The van der Waals surface area contributed by atoms with Crippen LogP contribution in [0.2, 0.25) is 0 Å². The van der Waals surface area contributed by atoms with Crippen molar-refractivity contribution in [1.82, 2.24) is 0 Å². The van der Waals surface area contributed by atoms with E-state index in [4.69, 9.17) is 0 Å². The first kappa shape index (κ1) is 14.8. The third-order valence-corrected chi connectivity index (χ3v) is 3.53. The topological polar surface area (TPSA) is 0 Å². The molecule has 0 amide bonds. The molecular formula is C20H26. The average Bonchev–Trinajstić information content (AvgIpc) is 2.39. The molecule has 2 aromatic carbocycles. The molecule has 0 aromatic heterocycles. The molecule has 0 saturated heterocycles. The Morgan fingerprint density at radius 1 is 0.550 bits per heavy atom. The van der Waals surface area contributed by atoms with Crippen molar-refractivity contribution in [3.63, 3.8) is 0 Å². The van der Waals surface area contributed by atoms with Crippen LogP contribution in [0.25, 0.3) is 11.1 Å². The second-order valence-electron chi connectivity index (χ2n) is 6.59. The molecule has 0 aliphatic heterocycles. The van der Waals surface area contributed by atoms with E-state index < -0.39 is 0 Å². The minimum Gasteiger partial charge on any atom is -0.0625 e. The lowest BCUT2D eigenvalue weighted by molar-refractivity contribution is 0.647. The van der Waals surface area contributed by atoms with Crippen LogP contribution in [0.15, 0.2) is 48.5 Å². The lowest BCUT2D eigenvalue weighted by Gasteiger charge is -2.08. The maximum absolute atomic E-state index is 2.27. The highest BCUT2D eigenvalue weighted by Crippen LogP contribution is 2.22. The summed E-state index contributed by atoms with van der Waals surface area (Å²) >= 11 is 0. The van der Waals surface area contributed by atoms with E-state index in [1.54, 1.807) is 0 Å². The molecule has 0 unspecified atom stereocenters. The van der Waals surface area contributed by atoms with Crippen molar-refractivity contribution in [2.24, 2.45) is 11.8 Å². The maximum atomic E-state index is 2.27. The van der Waals surface area contributed by atoms with Gasteiger partial charge in [0.2, 0.25) is 0 Å². The number of benzene rings is 2. The van der Waals surface area contributed by atoms with Gasteiger partial charge < -0.3 is 0 Å². The van der Waals surface area contributed by atoms with Gasteiger partial charge in [0.1, 0.15) is 0 Å². The molecule has 0 bridgehead atoms. The predicted molar refractivity (Wildman–Crippen MR) is 89.0 cm³/mol. The van der Waals surface area contributed by atoms with Crippen molar-refractivity contribution >= 4 is 0 Å². The van der Waals surface area contributed by atoms with Gasteiger partial charge in [0.15, 0.2) is 0 Å². The number of hydrogen-bond acceptors (Lipinski definition) is 0. The zero-order valence-electron chi connectivity index (χ0n) is 13.2. The summed E-state index contributed by atoms with van der Waals surface area (Å²) in [7, 11) is 0. The normalized spacial score (nSPS) is 11.3.